The molecule has 0 saturated heterocycles. The Bertz CT molecular complexity index is 568. The highest BCUT2D eigenvalue weighted by atomic mass is 79.9. The molecule has 0 amide bonds. The van der Waals surface area contributed by atoms with Crippen LogP contribution in [0.2, 0.25) is 5.02 Å². The average molecular weight is 366 g/mol. The van der Waals surface area contributed by atoms with Crippen molar-refractivity contribution >= 4 is 50.5 Å². The SMILES string of the molecule is COc1c(Br)cc(Cl)cc1C(Cl)c1ccc(C)s1. The molecule has 0 saturated carbocycles. The minimum absolute atomic E-state index is 0.256. The van der Waals surface area contributed by atoms with Crippen LogP contribution in [0.3, 0.4) is 0 Å². The number of aryl methyl sites for hydroxylation is 1. The number of halogens is 3. The van der Waals surface area contributed by atoms with Gasteiger partial charge in [-0.15, -0.1) is 22.9 Å². The van der Waals surface area contributed by atoms with E-state index in [1.165, 1.54) is 4.88 Å². The number of benzene rings is 1. The number of ether oxygens (including phenoxy) is 1. The molecule has 0 spiro atoms. The lowest BCUT2D eigenvalue weighted by Gasteiger charge is -2.15. The molecular weight excluding hydrogens is 355 g/mol. The standard InChI is InChI=1S/C13H11BrCl2OS/c1-7-3-4-11(18-7)12(16)9-5-8(15)6-10(14)13(9)17-2/h3-6,12H,1-2H3. The zero-order valence-corrected chi connectivity index (χ0v) is 13.8. The Kier molecular flexibility index (Phi) is 4.59. The predicted octanol–water partition coefficient (Wildman–Crippen LogP) is 5.81. The Hall–Kier alpha value is -0.220. The molecule has 2 rings (SSSR count). The fourth-order valence-electron chi connectivity index (χ4n) is 1.73. The number of rotatable bonds is 3. The third-order valence-corrected chi connectivity index (χ3v) is 5.00. The van der Waals surface area contributed by atoms with Gasteiger partial charge in [0.1, 0.15) is 5.75 Å². The third kappa shape index (κ3) is 2.85. The van der Waals surface area contributed by atoms with E-state index >= 15 is 0 Å². The van der Waals surface area contributed by atoms with Gasteiger partial charge in [-0.25, -0.2) is 0 Å². The van der Waals surface area contributed by atoms with Crippen molar-refractivity contribution in [2.24, 2.45) is 0 Å². The fourth-order valence-corrected chi connectivity index (χ4v) is 3.97. The monoisotopic (exact) mass is 364 g/mol. The second-order valence-electron chi connectivity index (χ2n) is 3.82. The van der Waals surface area contributed by atoms with Crippen molar-refractivity contribution in [2.45, 2.75) is 12.3 Å². The summed E-state index contributed by atoms with van der Waals surface area (Å²) in [5.74, 6) is 0.727. The lowest BCUT2D eigenvalue weighted by Crippen LogP contribution is -1.97. The summed E-state index contributed by atoms with van der Waals surface area (Å²) >= 11 is 17.7. The quantitative estimate of drug-likeness (QED) is 0.623. The summed E-state index contributed by atoms with van der Waals surface area (Å²) in [7, 11) is 1.63. The summed E-state index contributed by atoms with van der Waals surface area (Å²) in [6.45, 7) is 2.06. The molecule has 2 aromatic rings. The van der Waals surface area contributed by atoms with Crippen molar-refractivity contribution in [2.75, 3.05) is 7.11 Å². The second kappa shape index (κ2) is 5.83. The number of alkyl halides is 1. The van der Waals surface area contributed by atoms with E-state index in [0.29, 0.717) is 5.02 Å². The van der Waals surface area contributed by atoms with Gasteiger partial charge in [-0.1, -0.05) is 11.6 Å². The molecule has 1 nitrogen and oxygen atoms in total. The van der Waals surface area contributed by atoms with Crippen LogP contribution in [0, 0.1) is 6.92 Å². The maximum absolute atomic E-state index is 6.52. The highest BCUT2D eigenvalue weighted by Crippen LogP contribution is 2.42. The first-order chi connectivity index (χ1) is 8.52. The molecule has 96 valence electrons. The molecule has 0 bridgehead atoms. The normalized spacial score (nSPS) is 12.5. The van der Waals surface area contributed by atoms with Gasteiger partial charge in [-0.2, -0.15) is 0 Å². The van der Waals surface area contributed by atoms with E-state index in [4.69, 9.17) is 27.9 Å². The first kappa shape index (κ1) is 14.2. The van der Waals surface area contributed by atoms with Crippen LogP contribution in [0.4, 0.5) is 0 Å². The van der Waals surface area contributed by atoms with Gasteiger partial charge in [0, 0.05) is 20.3 Å². The molecule has 0 fully saturated rings. The lowest BCUT2D eigenvalue weighted by molar-refractivity contribution is 0.407. The molecule has 0 aliphatic carbocycles. The maximum atomic E-state index is 6.52. The second-order valence-corrected chi connectivity index (χ2v) is 6.87. The molecule has 1 aromatic heterocycles. The average Bonchev–Trinajstić information content (AvgIpc) is 2.74. The molecule has 1 heterocycles. The minimum Gasteiger partial charge on any atom is -0.495 e. The zero-order valence-electron chi connectivity index (χ0n) is 9.84. The van der Waals surface area contributed by atoms with Crippen molar-refractivity contribution in [3.05, 3.63) is 49.1 Å². The lowest BCUT2D eigenvalue weighted by atomic mass is 10.1. The van der Waals surface area contributed by atoms with Crippen molar-refractivity contribution < 1.29 is 4.74 Å². The minimum atomic E-state index is -0.256. The molecule has 1 atom stereocenters. The van der Waals surface area contributed by atoms with Crippen molar-refractivity contribution in [3.8, 4) is 5.75 Å². The van der Waals surface area contributed by atoms with Gasteiger partial charge in [0.25, 0.3) is 0 Å². The maximum Gasteiger partial charge on any atom is 0.138 e. The van der Waals surface area contributed by atoms with E-state index in [1.54, 1.807) is 24.5 Å². The van der Waals surface area contributed by atoms with Crippen LogP contribution in [0.5, 0.6) is 5.75 Å². The van der Waals surface area contributed by atoms with Gasteiger partial charge >= 0.3 is 0 Å². The summed E-state index contributed by atoms with van der Waals surface area (Å²) in [5, 5.41) is 0.380. The Balaban J connectivity index is 2.49. The first-order valence-corrected chi connectivity index (χ1v) is 7.68. The predicted molar refractivity (Wildman–Crippen MR) is 82.5 cm³/mol. The summed E-state index contributed by atoms with van der Waals surface area (Å²) in [4.78, 5) is 2.32. The number of thiophene rings is 1. The van der Waals surface area contributed by atoms with Gasteiger partial charge in [0.15, 0.2) is 0 Å². The van der Waals surface area contributed by atoms with Gasteiger partial charge < -0.3 is 4.74 Å². The first-order valence-electron chi connectivity index (χ1n) is 5.26. The van der Waals surface area contributed by atoms with E-state index in [1.807, 2.05) is 12.1 Å². The van der Waals surface area contributed by atoms with E-state index < -0.39 is 0 Å². The Morgan fingerprint density at radius 1 is 1.33 bits per heavy atom. The molecule has 0 radical (unpaired) electrons. The molecular formula is C13H11BrCl2OS. The molecule has 0 aliphatic heterocycles. The Morgan fingerprint density at radius 2 is 2.06 bits per heavy atom. The van der Waals surface area contributed by atoms with Crippen molar-refractivity contribution in [3.63, 3.8) is 0 Å². The van der Waals surface area contributed by atoms with Crippen LogP contribution in [0.15, 0.2) is 28.7 Å². The largest absolute Gasteiger partial charge is 0.495 e. The van der Waals surface area contributed by atoms with Gasteiger partial charge in [0.2, 0.25) is 0 Å². The van der Waals surface area contributed by atoms with Gasteiger partial charge in [-0.05, 0) is 47.1 Å². The Labute approximate surface area is 129 Å². The molecule has 0 N–H and O–H groups in total. The molecule has 1 unspecified atom stereocenters. The topological polar surface area (TPSA) is 9.23 Å². The number of methoxy groups -OCH3 is 1. The van der Waals surface area contributed by atoms with Gasteiger partial charge in [-0.3, -0.25) is 0 Å². The summed E-state index contributed by atoms with van der Waals surface area (Å²) in [6, 6.07) is 7.73. The third-order valence-electron chi connectivity index (χ3n) is 2.53. The zero-order chi connectivity index (χ0) is 13.3. The fraction of sp³-hybridized carbons (Fsp3) is 0.231. The van der Waals surface area contributed by atoms with Crippen molar-refractivity contribution in [1.82, 2.24) is 0 Å². The summed E-state index contributed by atoms with van der Waals surface area (Å²) in [5.41, 5.74) is 0.875. The van der Waals surface area contributed by atoms with Crippen LogP contribution in [0.25, 0.3) is 0 Å². The van der Waals surface area contributed by atoms with Crippen LogP contribution in [-0.4, -0.2) is 7.11 Å². The van der Waals surface area contributed by atoms with Crippen LogP contribution < -0.4 is 4.74 Å². The number of hydrogen-bond donors (Lipinski definition) is 0. The molecule has 18 heavy (non-hydrogen) atoms. The van der Waals surface area contributed by atoms with E-state index in [2.05, 4.69) is 28.9 Å². The van der Waals surface area contributed by atoms with Crippen molar-refractivity contribution in [1.29, 1.82) is 0 Å². The molecule has 0 aliphatic rings. The summed E-state index contributed by atoms with van der Waals surface area (Å²) < 4.78 is 6.21. The summed E-state index contributed by atoms with van der Waals surface area (Å²) in [6.07, 6.45) is 0. The smallest absolute Gasteiger partial charge is 0.138 e. The highest BCUT2D eigenvalue weighted by Gasteiger charge is 2.20. The Morgan fingerprint density at radius 3 is 2.61 bits per heavy atom. The highest BCUT2D eigenvalue weighted by molar-refractivity contribution is 9.10. The van der Waals surface area contributed by atoms with Crippen LogP contribution in [-0.2, 0) is 0 Å². The van der Waals surface area contributed by atoms with E-state index in [-0.39, 0.29) is 5.38 Å². The van der Waals surface area contributed by atoms with Crippen LogP contribution >= 0.6 is 50.5 Å². The number of hydrogen-bond acceptors (Lipinski definition) is 2. The molecule has 1 aromatic carbocycles. The van der Waals surface area contributed by atoms with E-state index in [9.17, 15) is 0 Å². The molecule has 5 heteroatoms. The van der Waals surface area contributed by atoms with E-state index in [0.717, 1.165) is 20.7 Å². The van der Waals surface area contributed by atoms with Gasteiger partial charge in [0.05, 0.1) is 17.0 Å². The van der Waals surface area contributed by atoms with Crippen LogP contribution in [0.1, 0.15) is 20.7 Å².